The van der Waals surface area contributed by atoms with E-state index < -0.39 is 0 Å². The molecular formula is C23H24N2OS. The summed E-state index contributed by atoms with van der Waals surface area (Å²) in [5.74, 6) is 0. The number of nitrogens with one attached hydrogen (secondary N) is 2. The van der Waals surface area contributed by atoms with Crippen LogP contribution in [0.4, 0.5) is 0 Å². The molecule has 0 saturated heterocycles. The van der Waals surface area contributed by atoms with Crippen molar-refractivity contribution in [1.29, 1.82) is 0 Å². The van der Waals surface area contributed by atoms with Gasteiger partial charge in [0.1, 0.15) is 0 Å². The van der Waals surface area contributed by atoms with Gasteiger partial charge < -0.3 is 15.4 Å². The molecule has 27 heavy (non-hydrogen) atoms. The fourth-order valence-electron chi connectivity index (χ4n) is 2.71. The molecule has 138 valence electrons. The van der Waals surface area contributed by atoms with Gasteiger partial charge in [-0.25, -0.2) is 0 Å². The molecule has 0 spiro atoms. The standard InChI is InChI=1S/C23H24N2OS/c27-23(24-15-19-8-3-1-4-9-19)25-16-21-12-7-13-22(14-21)18-26-17-20-10-5-2-6-11-20/h1-14H,15-18H2,(H2,24,25,27). The molecule has 0 unspecified atom stereocenters. The third kappa shape index (κ3) is 6.85. The summed E-state index contributed by atoms with van der Waals surface area (Å²) < 4.78 is 5.82. The first-order valence-electron chi connectivity index (χ1n) is 9.05. The van der Waals surface area contributed by atoms with Crippen molar-refractivity contribution in [3.8, 4) is 0 Å². The summed E-state index contributed by atoms with van der Waals surface area (Å²) in [4.78, 5) is 0. The van der Waals surface area contributed by atoms with Crippen molar-refractivity contribution < 1.29 is 4.74 Å². The van der Waals surface area contributed by atoms with Crippen LogP contribution >= 0.6 is 12.2 Å². The second-order valence-electron chi connectivity index (χ2n) is 6.32. The van der Waals surface area contributed by atoms with E-state index in [4.69, 9.17) is 17.0 Å². The Hall–Kier alpha value is -2.69. The molecule has 0 aliphatic heterocycles. The summed E-state index contributed by atoms with van der Waals surface area (Å²) in [6, 6.07) is 28.8. The van der Waals surface area contributed by atoms with E-state index >= 15 is 0 Å². The van der Waals surface area contributed by atoms with Crippen molar-refractivity contribution in [3.05, 3.63) is 107 Å². The first kappa shape index (κ1) is 19.1. The highest BCUT2D eigenvalue weighted by molar-refractivity contribution is 7.80. The average Bonchev–Trinajstić information content (AvgIpc) is 2.73. The van der Waals surface area contributed by atoms with E-state index in [1.54, 1.807) is 0 Å². The SMILES string of the molecule is S=C(NCc1ccccc1)NCc1cccc(COCc2ccccc2)c1. The van der Waals surface area contributed by atoms with Gasteiger partial charge in [-0.15, -0.1) is 0 Å². The van der Waals surface area contributed by atoms with Crippen LogP contribution in [0.5, 0.6) is 0 Å². The first-order chi connectivity index (χ1) is 13.3. The Morgan fingerprint density at radius 2 is 1.15 bits per heavy atom. The highest BCUT2D eigenvalue weighted by Crippen LogP contribution is 2.09. The summed E-state index contributed by atoms with van der Waals surface area (Å²) in [6.45, 7) is 2.63. The molecule has 3 nitrogen and oxygen atoms in total. The Balaban J connectivity index is 1.41. The van der Waals surface area contributed by atoms with E-state index in [0.29, 0.717) is 24.9 Å². The van der Waals surface area contributed by atoms with Crippen LogP contribution in [0.25, 0.3) is 0 Å². The zero-order valence-corrected chi connectivity index (χ0v) is 16.0. The molecule has 0 heterocycles. The Labute approximate surface area is 166 Å². The van der Waals surface area contributed by atoms with Crippen LogP contribution in [0.3, 0.4) is 0 Å². The van der Waals surface area contributed by atoms with Crippen molar-refractivity contribution in [2.75, 3.05) is 0 Å². The normalized spacial score (nSPS) is 10.4. The van der Waals surface area contributed by atoms with Crippen LogP contribution in [-0.4, -0.2) is 5.11 Å². The van der Waals surface area contributed by atoms with Gasteiger partial charge in [-0.05, 0) is 34.5 Å². The van der Waals surface area contributed by atoms with Gasteiger partial charge in [-0.1, -0.05) is 84.9 Å². The smallest absolute Gasteiger partial charge is 0.166 e. The lowest BCUT2D eigenvalue weighted by atomic mass is 10.1. The summed E-state index contributed by atoms with van der Waals surface area (Å²) in [5, 5.41) is 7.15. The predicted molar refractivity (Wildman–Crippen MR) is 114 cm³/mol. The van der Waals surface area contributed by atoms with Crippen molar-refractivity contribution in [3.63, 3.8) is 0 Å². The fraction of sp³-hybridized carbons (Fsp3) is 0.174. The Kier molecular flexibility index (Phi) is 7.39. The van der Waals surface area contributed by atoms with Gasteiger partial charge in [-0.3, -0.25) is 0 Å². The Morgan fingerprint density at radius 3 is 1.85 bits per heavy atom. The van der Waals surface area contributed by atoms with Crippen LogP contribution in [0.2, 0.25) is 0 Å². The quantitative estimate of drug-likeness (QED) is 0.564. The number of rotatable bonds is 8. The molecule has 0 aliphatic rings. The third-order valence-corrected chi connectivity index (χ3v) is 4.41. The average molecular weight is 377 g/mol. The molecule has 0 atom stereocenters. The highest BCUT2D eigenvalue weighted by atomic mass is 32.1. The minimum absolute atomic E-state index is 0.597. The maximum Gasteiger partial charge on any atom is 0.166 e. The maximum atomic E-state index is 5.82. The largest absolute Gasteiger partial charge is 0.372 e. The molecule has 0 aromatic heterocycles. The Bertz CT molecular complexity index is 837. The molecule has 0 bridgehead atoms. The van der Waals surface area contributed by atoms with Crippen LogP contribution < -0.4 is 10.6 Å². The van der Waals surface area contributed by atoms with Gasteiger partial charge in [0.05, 0.1) is 13.2 Å². The van der Waals surface area contributed by atoms with Gasteiger partial charge in [0.15, 0.2) is 5.11 Å². The molecule has 0 amide bonds. The molecule has 3 aromatic rings. The summed E-state index contributed by atoms with van der Waals surface area (Å²) in [6.07, 6.45) is 0. The van der Waals surface area contributed by atoms with Gasteiger partial charge >= 0.3 is 0 Å². The van der Waals surface area contributed by atoms with E-state index in [-0.39, 0.29) is 0 Å². The molecule has 2 N–H and O–H groups in total. The molecule has 3 aromatic carbocycles. The topological polar surface area (TPSA) is 33.3 Å². The van der Waals surface area contributed by atoms with Gasteiger partial charge in [-0.2, -0.15) is 0 Å². The lowest BCUT2D eigenvalue weighted by molar-refractivity contribution is 0.107. The van der Waals surface area contributed by atoms with Gasteiger partial charge in [0.25, 0.3) is 0 Å². The molecule has 0 saturated carbocycles. The summed E-state index contributed by atoms with van der Waals surface area (Å²) >= 11 is 5.36. The van der Waals surface area contributed by atoms with Crippen molar-refractivity contribution >= 4 is 17.3 Å². The minimum Gasteiger partial charge on any atom is -0.372 e. The van der Waals surface area contributed by atoms with Crippen LogP contribution in [-0.2, 0) is 31.0 Å². The number of thiocarbonyl (C=S) groups is 1. The third-order valence-electron chi connectivity index (χ3n) is 4.12. The number of hydrogen-bond donors (Lipinski definition) is 2. The molecule has 4 heteroatoms. The first-order valence-corrected chi connectivity index (χ1v) is 9.45. The number of benzene rings is 3. The molecule has 0 aliphatic carbocycles. The molecule has 0 fully saturated rings. The molecule has 3 rings (SSSR count). The molecular weight excluding hydrogens is 352 g/mol. The van der Waals surface area contributed by atoms with E-state index in [1.165, 1.54) is 16.7 Å². The monoisotopic (exact) mass is 376 g/mol. The second kappa shape index (κ2) is 10.5. The lowest BCUT2D eigenvalue weighted by Crippen LogP contribution is -2.34. The van der Waals surface area contributed by atoms with Crippen LogP contribution in [0.1, 0.15) is 22.3 Å². The van der Waals surface area contributed by atoms with Crippen LogP contribution in [0, 0.1) is 0 Å². The number of hydrogen-bond acceptors (Lipinski definition) is 2. The number of ether oxygens (including phenoxy) is 1. The zero-order chi connectivity index (χ0) is 18.7. The van der Waals surface area contributed by atoms with E-state index in [9.17, 15) is 0 Å². The van der Waals surface area contributed by atoms with E-state index in [1.807, 2.05) is 36.4 Å². The van der Waals surface area contributed by atoms with E-state index in [2.05, 4.69) is 59.2 Å². The van der Waals surface area contributed by atoms with Crippen molar-refractivity contribution in [1.82, 2.24) is 10.6 Å². The van der Waals surface area contributed by atoms with Crippen molar-refractivity contribution in [2.45, 2.75) is 26.3 Å². The Morgan fingerprint density at radius 1 is 0.630 bits per heavy atom. The summed E-state index contributed by atoms with van der Waals surface area (Å²) in [7, 11) is 0. The molecule has 0 radical (unpaired) electrons. The fourth-order valence-corrected chi connectivity index (χ4v) is 2.86. The minimum atomic E-state index is 0.597. The lowest BCUT2D eigenvalue weighted by Gasteiger charge is -2.11. The highest BCUT2D eigenvalue weighted by Gasteiger charge is 2.00. The zero-order valence-electron chi connectivity index (χ0n) is 15.2. The summed E-state index contributed by atoms with van der Waals surface area (Å²) in [5.41, 5.74) is 4.73. The van der Waals surface area contributed by atoms with E-state index in [0.717, 1.165) is 12.1 Å². The second-order valence-corrected chi connectivity index (χ2v) is 6.73. The predicted octanol–water partition coefficient (Wildman–Crippen LogP) is 4.57. The van der Waals surface area contributed by atoms with Gasteiger partial charge in [0, 0.05) is 13.1 Å². The van der Waals surface area contributed by atoms with Crippen molar-refractivity contribution in [2.24, 2.45) is 0 Å². The van der Waals surface area contributed by atoms with Gasteiger partial charge in [0.2, 0.25) is 0 Å². The maximum absolute atomic E-state index is 5.82. The van der Waals surface area contributed by atoms with Crippen LogP contribution in [0.15, 0.2) is 84.9 Å².